The van der Waals surface area contributed by atoms with Crippen molar-refractivity contribution in [2.24, 2.45) is 5.73 Å². The Hall–Kier alpha value is -4.28. The highest BCUT2D eigenvalue weighted by Crippen LogP contribution is 2.30. The van der Waals surface area contributed by atoms with E-state index in [2.05, 4.69) is 4.98 Å². The number of sulfonamides is 1. The molecule has 0 radical (unpaired) electrons. The molecule has 39 heavy (non-hydrogen) atoms. The number of nitrogen functional groups attached to an aromatic ring is 1. The van der Waals surface area contributed by atoms with E-state index in [9.17, 15) is 13.2 Å². The number of amides is 1. The molecule has 200 valence electrons. The molecule has 4 aromatic rings. The maximum Gasteiger partial charge on any atom is 0.244 e. The number of pyridine rings is 1. The van der Waals surface area contributed by atoms with Crippen LogP contribution in [-0.2, 0) is 27.9 Å². The van der Waals surface area contributed by atoms with Crippen molar-refractivity contribution in [3.05, 3.63) is 102 Å². The third-order valence-electron chi connectivity index (χ3n) is 6.90. The Bertz CT molecular complexity index is 1640. The van der Waals surface area contributed by atoms with E-state index in [1.807, 2.05) is 42.5 Å². The summed E-state index contributed by atoms with van der Waals surface area (Å²) < 4.78 is 34.9. The minimum atomic E-state index is -4.05. The maximum atomic E-state index is 14.1. The number of aromatic nitrogens is 1. The summed E-state index contributed by atoms with van der Waals surface area (Å²) in [4.78, 5) is 19.5. The molecule has 0 unspecified atom stereocenters. The normalized spacial score (nSPS) is 15.7. The molecule has 1 fully saturated rings. The van der Waals surface area contributed by atoms with Gasteiger partial charge in [-0.3, -0.25) is 15.2 Å². The molecular formula is C29H29N5O4S. The molecule has 10 heteroatoms. The number of hydrogen-bond acceptors (Lipinski definition) is 6. The number of rotatable bonds is 9. The number of carbonyl (C=O) groups excluding carboxylic acids is 1. The van der Waals surface area contributed by atoms with Crippen molar-refractivity contribution < 1.29 is 17.9 Å². The molecule has 1 aliphatic heterocycles. The molecule has 5 rings (SSSR count). The van der Waals surface area contributed by atoms with Gasteiger partial charge in [0.1, 0.15) is 23.3 Å². The van der Waals surface area contributed by atoms with Crippen LogP contribution in [-0.4, -0.2) is 54.0 Å². The molecule has 1 amide bonds. The third-order valence-corrected chi connectivity index (χ3v) is 8.75. The Morgan fingerprint density at radius 2 is 1.82 bits per heavy atom. The summed E-state index contributed by atoms with van der Waals surface area (Å²) in [7, 11) is -2.49. The first kappa shape index (κ1) is 26.3. The number of nitrogens with one attached hydrogen (secondary N) is 1. The Morgan fingerprint density at radius 3 is 2.56 bits per heavy atom. The monoisotopic (exact) mass is 543 g/mol. The molecule has 0 saturated carbocycles. The van der Waals surface area contributed by atoms with E-state index in [0.29, 0.717) is 24.4 Å². The van der Waals surface area contributed by atoms with Crippen molar-refractivity contribution in [2.45, 2.75) is 30.4 Å². The first-order chi connectivity index (χ1) is 18.8. The summed E-state index contributed by atoms with van der Waals surface area (Å²) in [6.07, 6.45) is 1.90. The average molecular weight is 544 g/mol. The molecule has 0 spiro atoms. The first-order valence-electron chi connectivity index (χ1n) is 12.5. The van der Waals surface area contributed by atoms with Gasteiger partial charge in [-0.25, -0.2) is 8.42 Å². The van der Waals surface area contributed by atoms with Gasteiger partial charge in [0, 0.05) is 25.8 Å². The van der Waals surface area contributed by atoms with Gasteiger partial charge in [-0.05, 0) is 64.7 Å². The maximum absolute atomic E-state index is 14.1. The molecule has 2 heterocycles. The second kappa shape index (κ2) is 10.8. The van der Waals surface area contributed by atoms with Crippen LogP contribution in [0.5, 0.6) is 5.75 Å². The number of likely N-dealkylation sites (tertiary alicyclic amines) is 1. The van der Waals surface area contributed by atoms with Crippen molar-refractivity contribution in [3.63, 3.8) is 0 Å². The number of amidine groups is 1. The average Bonchev–Trinajstić information content (AvgIpc) is 3.30. The topological polar surface area (TPSA) is 130 Å². The molecule has 0 aliphatic carbocycles. The SMILES string of the molecule is COc1ccc2ccc(S(=O)(=O)N(Cc3ccccc3)[C@H]3CCN(Cc4ccnc(C(=N)N)c4)C3=O)cc2c1. The molecular weight excluding hydrogens is 514 g/mol. The van der Waals surface area contributed by atoms with E-state index in [-0.39, 0.29) is 29.7 Å². The zero-order valence-electron chi connectivity index (χ0n) is 21.4. The van der Waals surface area contributed by atoms with E-state index in [1.54, 1.807) is 54.6 Å². The molecule has 1 saturated heterocycles. The standard InChI is InChI=1S/C29H29N5O4S/c1-38-24-9-7-22-8-10-25(17-23(22)16-24)39(36,37)34(19-20-5-3-2-4-6-20)27-12-14-33(29(27)35)18-21-11-13-32-26(15-21)28(30)31/h2-11,13,15-17,27H,12,14,18-19H2,1H3,(H3,30,31)/t27-/m0/s1. The number of fused-ring (bicyclic) bond motifs is 1. The largest absolute Gasteiger partial charge is 0.497 e. The minimum absolute atomic E-state index is 0.0628. The van der Waals surface area contributed by atoms with Crippen LogP contribution in [0.1, 0.15) is 23.2 Å². The first-order valence-corrected chi connectivity index (χ1v) is 13.9. The van der Waals surface area contributed by atoms with Gasteiger partial charge < -0.3 is 15.4 Å². The number of ether oxygens (including phenoxy) is 1. The lowest BCUT2D eigenvalue weighted by molar-refractivity contribution is -0.131. The van der Waals surface area contributed by atoms with Crippen LogP contribution in [0.25, 0.3) is 10.8 Å². The van der Waals surface area contributed by atoms with Crippen molar-refractivity contribution in [1.82, 2.24) is 14.2 Å². The van der Waals surface area contributed by atoms with Crippen molar-refractivity contribution in [2.75, 3.05) is 13.7 Å². The fourth-order valence-electron chi connectivity index (χ4n) is 4.84. The highest BCUT2D eigenvalue weighted by atomic mass is 32.2. The van der Waals surface area contributed by atoms with Crippen LogP contribution in [0.2, 0.25) is 0 Å². The van der Waals surface area contributed by atoms with Gasteiger partial charge in [0.05, 0.1) is 12.0 Å². The van der Waals surface area contributed by atoms with Gasteiger partial charge in [0.2, 0.25) is 15.9 Å². The van der Waals surface area contributed by atoms with E-state index in [1.165, 1.54) is 4.31 Å². The van der Waals surface area contributed by atoms with E-state index < -0.39 is 16.1 Å². The number of benzene rings is 3. The molecule has 1 aliphatic rings. The van der Waals surface area contributed by atoms with Crippen LogP contribution >= 0.6 is 0 Å². The lowest BCUT2D eigenvalue weighted by Crippen LogP contribution is -2.44. The number of methoxy groups -OCH3 is 1. The van der Waals surface area contributed by atoms with Gasteiger partial charge in [-0.2, -0.15) is 4.31 Å². The highest BCUT2D eigenvalue weighted by Gasteiger charge is 2.42. The van der Waals surface area contributed by atoms with Gasteiger partial charge in [-0.1, -0.05) is 42.5 Å². The van der Waals surface area contributed by atoms with E-state index in [0.717, 1.165) is 21.9 Å². The van der Waals surface area contributed by atoms with Crippen molar-refractivity contribution in [3.8, 4) is 5.75 Å². The summed E-state index contributed by atoms with van der Waals surface area (Å²) in [5.74, 6) is 0.206. The lowest BCUT2D eigenvalue weighted by atomic mass is 10.1. The highest BCUT2D eigenvalue weighted by molar-refractivity contribution is 7.89. The van der Waals surface area contributed by atoms with Crippen LogP contribution in [0.15, 0.2) is 90.0 Å². The van der Waals surface area contributed by atoms with Crippen LogP contribution in [0, 0.1) is 5.41 Å². The number of hydrogen-bond donors (Lipinski definition) is 2. The summed E-state index contributed by atoms with van der Waals surface area (Å²) in [6.45, 7) is 0.734. The van der Waals surface area contributed by atoms with Crippen LogP contribution in [0.3, 0.4) is 0 Å². The Balaban J connectivity index is 1.48. The zero-order valence-corrected chi connectivity index (χ0v) is 22.3. The van der Waals surface area contributed by atoms with E-state index in [4.69, 9.17) is 15.9 Å². The van der Waals surface area contributed by atoms with Crippen molar-refractivity contribution >= 4 is 32.5 Å². The lowest BCUT2D eigenvalue weighted by Gasteiger charge is -2.28. The minimum Gasteiger partial charge on any atom is -0.497 e. The Kier molecular flexibility index (Phi) is 7.32. The van der Waals surface area contributed by atoms with Gasteiger partial charge in [0.15, 0.2) is 0 Å². The summed E-state index contributed by atoms with van der Waals surface area (Å²) in [5.41, 5.74) is 7.45. The third kappa shape index (κ3) is 5.47. The number of carbonyl (C=O) groups is 1. The smallest absolute Gasteiger partial charge is 0.244 e. The predicted octanol–water partition coefficient (Wildman–Crippen LogP) is 3.52. The number of nitrogens with two attached hydrogens (primary N) is 1. The Labute approximate surface area is 227 Å². The van der Waals surface area contributed by atoms with E-state index >= 15 is 0 Å². The Morgan fingerprint density at radius 1 is 1.05 bits per heavy atom. The number of nitrogens with zero attached hydrogens (tertiary/aromatic N) is 3. The quantitative estimate of drug-likeness (QED) is 0.245. The molecule has 3 N–H and O–H groups in total. The molecule has 9 nitrogen and oxygen atoms in total. The summed E-state index contributed by atoms with van der Waals surface area (Å²) in [5, 5.41) is 9.24. The van der Waals surface area contributed by atoms with Crippen LogP contribution in [0.4, 0.5) is 0 Å². The fraction of sp³-hybridized carbons (Fsp3) is 0.207. The second-order valence-electron chi connectivity index (χ2n) is 9.44. The molecule has 0 bridgehead atoms. The van der Waals surface area contributed by atoms with Crippen molar-refractivity contribution in [1.29, 1.82) is 5.41 Å². The van der Waals surface area contributed by atoms with Gasteiger partial charge in [0.25, 0.3) is 0 Å². The molecule has 1 aromatic heterocycles. The summed E-state index contributed by atoms with van der Waals surface area (Å²) >= 11 is 0. The van der Waals surface area contributed by atoms with Gasteiger partial charge >= 0.3 is 0 Å². The second-order valence-corrected chi connectivity index (χ2v) is 11.3. The van der Waals surface area contributed by atoms with Crippen LogP contribution < -0.4 is 10.5 Å². The fourth-order valence-corrected chi connectivity index (χ4v) is 6.48. The molecule has 1 atom stereocenters. The zero-order chi connectivity index (χ0) is 27.6. The predicted molar refractivity (Wildman–Crippen MR) is 149 cm³/mol. The summed E-state index contributed by atoms with van der Waals surface area (Å²) in [6, 6.07) is 22.3. The van der Waals surface area contributed by atoms with Gasteiger partial charge in [-0.15, -0.1) is 0 Å². The molecule has 3 aromatic carbocycles.